The van der Waals surface area contributed by atoms with Gasteiger partial charge in [-0.05, 0) is 12.3 Å². The van der Waals surface area contributed by atoms with E-state index in [-0.39, 0.29) is 0 Å². The van der Waals surface area contributed by atoms with E-state index in [1.54, 1.807) is 0 Å². The molecule has 95 valence electrons. The standard InChI is InChI=1S/C9H11F6O/c1-4(2)5-3-6(16)8(12,13)9(14,15)7(5,10)11/h4,6,16H,3H2,1-2H3. The van der Waals surface area contributed by atoms with E-state index in [1.165, 1.54) is 13.8 Å². The molecule has 0 saturated heterocycles. The van der Waals surface area contributed by atoms with Crippen LogP contribution < -0.4 is 0 Å². The highest BCUT2D eigenvalue weighted by Gasteiger charge is 2.79. The summed E-state index contributed by atoms with van der Waals surface area (Å²) in [6, 6.07) is 0. The minimum Gasteiger partial charge on any atom is -0.387 e. The number of alkyl halides is 6. The van der Waals surface area contributed by atoms with E-state index in [9.17, 15) is 26.3 Å². The molecule has 0 heterocycles. The number of hydrogen-bond donors (Lipinski definition) is 1. The summed E-state index contributed by atoms with van der Waals surface area (Å²) in [7, 11) is 0. The van der Waals surface area contributed by atoms with Crippen LogP contribution >= 0.6 is 0 Å². The zero-order chi connectivity index (χ0) is 12.9. The van der Waals surface area contributed by atoms with Crippen LogP contribution in [-0.4, -0.2) is 29.0 Å². The van der Waals surface area contributed by atoms with E-state index in [2.05, 4.69) is 0 Å². The lowest BCUT2D eigenvalue weighted by Crippen LogP contribution is -2.66. The molecule has 1 unspecified atom stereocenters. The van der Waals surface area contributed by atoms with Crippen LogP contribution in [0.5, 0.6) is 0 Å². The molecule has 16 heavy (non-hydrogen) atoms. The Morgan fingerprint density at radius 1 is 1.12 bits per heavy atom. The van der Waals surface area contributed by atoms with Crippen LogP contribution in [0.4, 0.5) is 26.3 Å². The summed E-state index contributed by atoms with van der Waals surface area (Å²) >= 11 is 0. The number of aliphatic hydroxyl groups is 1. The van der Waals surface area contributed by atoms with Gasteiger partial charge in [0.05, 0.1) is 5.92 Å². The van der Waals surface area contributed by atoms with Crippen molar-refractivity contribution in [2.45, 2.75) is 44.1 Å². The van der Waals surface area contributed by atoms with Crippen molar-refractivity contribution >= 4 is 0 Å². The first-order valence-electron chi connectivity index (χ1n) is 4.64. The quantitative estimate of drug-likeness (QED) is 0.708. The highest BCUT2D eigenvalue weighted by molar-refractivity contribution is 5.22. The van der Waals surface area contributed by atoms with E-state index in [4.69, 9.17) is 5.11 Å². The summed E-state index contributed by atoms with van der Waals surface area (Å²) in [5, 5.41) is 8.84. The zero-order valence-corrected chi connectivity index (χ0v) is 8.58. The fourth-order valence-corrected chi connectivity index (χ4v) is 1.68. The number of rotatable bonds is 1. The van der Waals surface area contributed by atoms with Gasteiger partial charge in [-0.3, -0.25) is 0 Å². The first kappa shape index (κ1) is 13.6. The van der Waals surface area contributed by atoms with Crippen molar-refractivity contribution in [1.29, 1.82) is 0 Å². The second-order valence-electron chi connectivity index (χ2n) is 4.17. The van der Waals surface area contributed by atoms with Crippen molar-refractivity contribution in [2.75, 3.05) is 0 Å². The molecule has 0 bridgehead atoms. The molecule has 7 heteroatoms. The number of hydrogen-bond acceptors (Lipinski definition) is 1. The Balaban J connectivity index is 3.21. The Bertz CT molecular complexity index is 275. The predicted octanol–water partition coefficient (Wildman–Crippen LogP) is 2.89. The first-order valence-corrected chi connectivity index (χ1v) is 4.64. The molecule has 1 nitrogen and oxygen atoms in total. The normalized spacial score (nSPS) is 33.0. The SMILES string of the molecule is CC(C)[C]1CC(O)C(F)(F)C(F)(F)C1(F)F. The highest BCUT2D eigenvalue weighted by atomic mass is 19.3. The lowest BCUT2D eigenvalue weighted by Gasteiger charge is -2.45. The lowest BCUT2D eigenvalue weighted by molar-refractivity contribution is -0.347. The van der Waals surface area contributed by atoms with Crippen molar-refractivity contribution in [2.24, 2.45) is 5.92 Å². The van der Waals surface area contributed by atoms with Crippen LogP contribution in [-0.2, 0) is 0 Å². The van der Waals surface area contributed by atoms with E-state index in [0.717, 1.165) is 0 Å². The summed E-state index contributed by atoms with van der Waals surface area (Å²) in [4.78, 5) is 0. The van der Waals surface area contributed by atoms with Gasteiger partial charge in [0.15, 0.2) is 0 Å². The highest BCUT2D eigenvalue weighted by Crippen LogP contribution is 2.58. The Morgan fingerprint density at radius 2 is 1.56 bits per heavy atom. The van der Waals surface area contributed by atoms with Gasteiger partial charge in [0.1, 0.15) is 6.10 Å². The van der Waals surface area contributed by atoms with Gasteiger partial charge in [0.2, 0.25) is 0 Å². The second kappa shape index (κ2) is 3.51. The monoisotopic (exact) mass is 249 g/mol. The maximum atomic E-state index is 13.2. The van der Waals surface area contributed by atoms with Gasteiger partial charge in [-0.1, -0.05) is 13.8 Å². The Hall–Kier alpha value is -0.460. The fraction of sp³-hybridized carbons (Fsp3) is 0.889. The van der Waals surface area contributed by atoms with Crippen LogP contribution in [0.3, 0.4) is 0 Å². The van der Waals surface area contributed by atoms with E-state index in [0.29, 0.717) is 0 Å². The van der Waals surface area contributed by atoms with Gasteiger partial charge in [-0.15, -0.1) is 0 Å². The van der Waals surface area contributed by atoms with Crippen molar-refractivity contribution in [3.63, 3.8) is 0 Å². The third-order valence-corrected chi connectivity index (χ3v) is 2.74. The molecule has 1 atom stereocenters. The maximum Gasteiger partial charge on any atom is 0.375 e. The van der Waals surface area contributed by atoms with Crippen LogP contribution in [0.1, 0.15) is 20.3 Å². The minimum absolute atomic E-state index is 1.01. The third kappa shape index (κ3) is 1.51. The average Bonchev–Trinajstić information content (AvgIpc) is 2.10. The minimum atomic E-state index is -5.56. The molecule has 1 aliphatic rings. The molecule has 0 aromatic rings. The second-order valence-corrected chi connectivity index (χ2v) is 4.17. The first-order chi connectivity index (χ1) is 6.96. The molecular weight excluding hydrogens is 238 g/mol. The molecular formula is C9H11F6O. The van der Waals surface area contributed by atoms with Crippen LogP contribution in [0.25, 0.3) is 0 Å². The predicted molar refractivity (Wildman–Crippen MR) is 43.5 cm³/mol. The average molecular weight is 249 g/mol. The number of halogens is 6. The molecule has 1 N–H and O–H groups in total. The number of aliphatic hydroxyl groups excluding tert-OH is 1. The Kier molecular flexibility index (Phi) is 2.99. The molecule has 0 spiro atoms. The molecule has 0 aromatic heterocycles. The molecule has 0 aromatic carbocycles. The Morgan fingerprint density at radius 3 is 1.94 bits per heavy atom. The molecule has 1 radical (unpaired) electrons. The molecule has 1 fully saturated rings. The van der Waals surface area contributed by atoms with Gasteiger partial charge in [-0.25, -0.2) is 0 Å². The van der Waals surface area contributed by atoms with Crippen molar-refractivity contribution < 1.29 is 31.4 Å². The largest absolute Gasteiger partial charge is 0.387 e. The summed E-state index contributed by atoms with van der Waals surface area (Å²) < 4.78 is 77.9. The smallest absolute Gasteiger partial charge is 0.375 e. The van der Waals surface area contributed by atoms with Gasteiger partial charge < -0.3 is 5.11 Å². The summed E-state index contributed by atoms with van der Waals surface area (Å²) in [5.41, 5.74) is 0. The molecule has 1 aliphatic carbocycles. The van der Waals surface area contributed by atoms with Crippen LogP contribution in [0, 0.1) is 11.8 Å². The van der Waals surface area contributed by atoms with E-state index >= 15 is 0 Å². The molecule has 0 aliphatic heterocycles. The van der Waals surface area contributed by atoms with Crippen molar-refractivity contribution in [1.82, 2.24) is 0 Å². The van der Waals surface area contributed by atoms with E-state index < -0.39 is 42.1 Å². The summed E-state index contributed by atoms with van der Waals surface area (Å²) in [6.07, 6.45) is -3.90. The molecule has 1 rings (SSSR count). The third-order valence-electron chi connectivity index (χ3n) is 2.74. The van der Waals surface area contributed by atoms with Crippen LogP contribution in [0.15, 0.2) is 0 Å². The van der Waals surface area contributed by atoms with Crippen molar-refractivity contribution in [3.05, 3.63) is 5.92 Å². The van der Waals surface area contributed by atoms with Gasteiger partial charge in [0, 0.05) is 0 Å². The topological polar surface area (TPSA) is 20.2 Å². The van der Waals surface area contributed by atoms with Gasteiger partial charge in [0.25, 0.3) is 0 Å². The fourth-order valence-electron chi connectivity index (χ4n) is 1.68. The van der Waals surface area contributed by atoms with Crippen molar-refractivity contribution in [3.8, 4) is 0 Å². The maximum absolute atomic E-state index is 13.2. The summed E-state index contributed by atoms with van der Waals surface area (Å²) in [6.45, 7) is 2.38. The lowest BCUT2D eigenvalue weighted by atomic mass is 9.73. The molecule has 0 amide bonds. The zero-order valence-electron chi connectivity index (χ0n) is 8.58. The summed E-state index contributed by atoms with van der Waals surface area (Å²) in [5.74, 6) is -17.6. The van der Waals surface area contributed by atoms with Gasteiger partial charge >= 0.3 is 17.8 Å². The van der Waals surface area contributed by atoms with Crippen LogP contribution in [0.2, 0.25) is 0 Å². The van der Waals surface area contributed by atoms with Gasteiger partial charge in [-0.2, -0.15) is 26.3 Å². The van der Waals surface area contributed by atoms with E-state index in [1.807, 2.05) is 0 Å². The molecule has 1 saturated carbocycles. The Labute approximate surface area is 88.4 Å².